The minimum Gasteiger partial charge on any atom is -0.508 e. The Hall–Kier alpha value is -4.02. The minimum absolute atomic E-state index is 0.0363. The molecule has 0 saturated carbocycles. The Kier molecular flexibility index (Phi) is 6.18. The van der Waals surface area contributed by atoms with E-state index >= 15 is 0 Å². The van der Waals surface area contributed by atoms with E-state index in [2.05, 4.69) is 0 Å². The predicted octanol–water partition coefficient (Wildman–Crippen LogP) is 4.14. The van der Waals surface area contributed by atoms with Gasteiger partial charge in [-0.05, 0) is 97.1 Å². The number of aromatic hydroxyl groups is 2. The number of rotatable bonds is 7. The van der Waals surface area contributed by atoms with E-state index < -0.39 is 19.7 Å². The maximum Gasteiger partial charge on any atom is 0.206 e. The van der Waals surface area contributed by atoms with Gasteiger partial charge in [-0.25, -0.2) is 16.8 Å². The zero-order valence-corrected chi connectivity index (χ0v) is 19.0. The van der Waals surface area contributed by atoms with Crippen LogP contribution in [0.25, 0.3) is 0 Å². The molecule has 0 saturated heterocycles. The lowest BCUT2D eigenvalue weighted by Gasteiger charge is -2.09. The van der Waals surface area contributed by atoms with Gasteiger partial charge in [-0.15, -0.1) is 0 Å². The summed E-state index contributed by atoms with van der Waals surface area (Å²) in [7, 11) is -7.52. The first-order chi connectivity index (χ1) is 16.2. The van der Waals surface area contributed by atoms with E-state index in [4.69, 9.17) is 9.78 Å². The molecule has 0 aliphatic carbocycles. The Morgan fingerprint density at radius 2 is 0.647 bits per heavy atom. The Balaban J connectivity index is 1.43. The van der Waals surface area contributed by atoms with Crippen molar-refractivity contribution in [3.8, 4) is 23.0 Å². The van der Waals surface area contributed by atoms with E-state index in [9.17, 15) is 27.0 Å². The molecule has 8 nitrogen and oxygen atoms in total. The fourth-order valence-electron chi connectivity index (χ4n) is 2.97. The van der Waals surface area contributed by atoms with Crippen molar-refractivity contribution in [2.45, 2.75) is 19.6 Å². The summed E-state index contributed by atoms with van der Waals surface area (Å²) in [6.07, 6.45) is 0. The lowest BCUT2D eigenvalue weighted by Crippen LogP contribution is -2.04. The van der Waals surface area contributed by atoms with Crippen LogP contribution in [-0.4, -0.2) is 27.0 Å². The molecule has 174 valence electrons. The standard InChI is InChI=1S/C24H18O8S2/c25-17-1-9-21(10-2-17)33(27,28)23-13-5-19(6-14-23)31-32-20-7-15-24(16-8-20)34(29,30)22-11-3-18(26)4-12-22/h1-16,25-26H. The number of sulfone groups is 2. The average molecular weight is 499 g/mol. The van der Waals surface area contributed by atoms with Gasteiger partial charge in [0.25, 0.3) is 0 Å². The molecule has 0 aliphatic heterocycles. The monoisotopic (exact) mass is 498 g/mol. The maximum absolute atomic E-state index is 12.7. The van der Waals surface area contributed by atoms with Crippen LogP contribution < -0.4 is 9.78 Å². The van der Waals surface area contributed by atoms with Gasteiger partial charge in [0, 0.05) is 0 Å². The third-order valence-electron chi connectivity index (χ3n) is 4.80. The molecule has 4 aromatic rings. The average Bonchev–Trinajstić information content (AvgIpc) is 2.84. The summed E-state index contributed by atoms with van der Waals surface area (Å²) in [6.45, 7) is 0. The van der Waals surface area contributed by atoms with Gasteiger partial charge < -0.3 is 10.2 Å². The Morgan fingerprint density at radius 1 is 0.412 bits per heavy atom. The highest BCUT2D eigenvalue weighted by Gasteiger charge is 2.19. The molecule has 0 bridgehead atoms. The lowest BCUT2D eigenvalue weighted by atomic mass is 10.3. The van der Waals surface area contributed by atoms with Crippen molar-refractivity contribution >= 4 is 19.7 Å². The van der Waals surface area contributed by atoms with Gasteiger partial charge in [0.15, 0.2) is 11.5 Å². The maximum atomic E-state index is 12.7. The van der Waals surface area contributed by atoms with Crippen molar-refractivity contribution < 1.29 is 36.8 Å². The van der Waals surface area contributed by atoms with Crippen LogP contribution in [0.15, 0.2) is 117 Å². The van der Waals surface area contributed by atoms with Crippen LogP contribution in [0.5, 0.6) is 23.0 Å². The Bertz CT molecular complexity index is 1370. The number of hydrogen-bond donors (Lipinski definition) is 2. The highest BCUT2D eigenvalue weighted by Crippen LogP contribution is 2.27. The SMILES string of the molecule is O=S(=O)(c1ccc(O)cc1)c1ccc(OOc2ccc(S(=O)(=O)c3ccc(O)cc3)cc2)cc1. The molecule has 10 heteroatoms. The van der Waals surface area contributed by atoms with Crippen LogP contribution in [0, 0.1) is 0 Å². The largest absolute Gasteiger partial charge is 0.508 e. The number of phenols is 2. The van der Waals surface area contributed by atoms with E-state index in [1.54, 1.807) is 0 Å². The van der Waals surface area contributed by atoms with Crippen LogP contribution in [0.4, 0.5) is 0 Å². The van der Waals surface area contributed by atoms with Crippen molar-refractivity contribution in [3.05, 3.63) is 97.1 Å². The topological polar surface area (TPSA) is 127 Å². The summed E-state index contributed by atoms with van der Waals surface area (Å²) in [5.41, 5.74) is 0. The summed E-state index contributed by atoms with van der Waals surface area (Å²) in [5, 5.41) is 18.7. The van der Waals surface area contributed by atoms with E-state index in [1.165, 1.54) is 97.1 Å². The molecule has 0 heterocycles. The van der Waals surface area contributed by atoms with Gasteiger partial charge in [-0.1, -0.05) is 0 Å². The molecule has 0 fully saturated rings. The zero-order chi connectivity index (χ0) is 24.3. The first kappa shape index (κ1) is 23.1. The normalized spacial score (nSPS) is 11.6. The van der Waals surface area contributed by atoms with Gasteiger partial charge >= 0.3 is 0 Å². The molecule has 0 unspecified atom stereocenters. The first-order valence-corrected chi connectivity index (χ1v) is 12.8. The quantitative estimate of drug-likeness (QED) is 0.288. The third kappa shape index (κ3) is 4.82. The molecular weight excluding hydrogens is 480 g/mol. The van der Waals surface area contributed by atoms with Crippen molar-refractivity contribution in [1.82, 2.24) is 0 Å². The third-order valence-corrected chi connectivity index (χ3v) is 8.37. The molecule has 4 rings (SSSR count). The summed E-state index contributed by atoms with van der Waals surface area (Å²) in [5.74, 6) is 0.382. The summed E-state index contributed by atoms with van der Waals surface area (Å²) < 4.78 is 50.6. The number of hydrogen-bond acceptors (Lipinski definition) is 8. The fraction of sp³-hybridized carbons (Fsp3) is 0. The molecule has 2 N–H and O–H groups in total. The van der Waals surface area contributed by atoms with Gasteiger partial charge in [0.2, 0.25) is 19.7 Å². The van der Waals surface area contributed by atoms with Crippen LogP contribution >= 0.6 is 0 Å². The van der Waals surface area contributed by atoms with E-state index in [0.717, 1.165) is 0 Å². The molecule has 0 radical (unpaired) electrons. The van der Waals surface area contributed by atoms with Crippen molar-refractivity contribution in [2.75, 3.05) is 0 Å². The smallest absolute Gasteiger partial charge is 0.206 e. The van der Waals surface area contributed by atoms with Gasteiger partial charge in [-0.3, -0.25) is 9.78 Å². The Labute approximate surface area is 196 Å². The zero-order valence-electron chi connectivity index (χ0n) is 17.4. The summed E-state index contributed by atoms with van der Waals surface area (Å²) in [6, 6.07) is 21.5. The second-order valence-electron chi connectivity index (χ2n) is 7.10. The molecule has 0 aromatic heterocycles. The molecule has 0 spiro atoms. The Morgan fingerprint density at radius 3 is 0.912 bits per heavy atom. The van der Waals surface area contributed by atoms with Crippen LogP contribution in [0.2, 0.25) is 0 Å². The second kappa shape index (κ2) is 9.08. The predicted molar refractivity (Wildman–Crippen MR) is 121 cm³/mol. The van der Waals surface area contributed by atoms with Crippen LogP contribution in [-0.2, 0) is 19.7 Å². The molecule has 34 heavy (non-hydrogen) atoms. The number of benzene rings is 4. The minimum atomic E-state index is -3.76. The van der Waals surface area contributed by atoms with E-state index in [0.29, 0.717) is 0 Å². The lowest BCUT2D eigenvalue weighted by molar-refractivity contribution is -0.1000. The summed E-state index contributed by atoms with van der Waals surface area (Å²) >= 11 is 0. The van der Waals surface area contributed by atoms with Crippen LogP contribution in [0.1, 0.15) is 0 Å². The summed E-state index contributed by atoms with van der Waals surface area (Å²) in [4.78, 5) is 10.6. The number of phenolic OH excluding ortho intramolecular Hbond substituents is 2. The molecule has 4 aromatic carbocycles. The first-order valence-electron chi connectivity index (χ1n) is 9.79. The molecular formula is C24H18O8S2. The second-order valence-corrected chi connectivity index (χ2v) is 11.0. The highest BCUT2D eigenvalue weighted by atomic mass is 32.2. The highest BCUT2D eigenvalue weighted by molar-refractivity contribution is 7.91. The van der Waals surface area contributed by atoms with Gasteiger partial charge in [0.05, 0.1) is 19.6 Å². The van der Waals surface area contributed by atoms with Crippen molar-refractivity contribution in [2.24, 2.45) is 0 Å². The molecule has 0 atom stereocenters. The van der Waals surface area contributed by atoms with Crippen LogP contribution in [0.3, 0.4) is 0 Å². The van der Waals surface area contributed by atoms with Crippen molar-refractivity contribution in [3.63, 3.8) is 0 Å². The van der Waals surface area contributed by atoms with Gasteiger partial charge in [0.1, 0.15) is 11.5 Å². The fourth-order valence-corrected chi connectivity index (χ4v) is 5.49. The molecule has 0 aliphatic rings. The van der Waals surface area contributed by atoms with Crippen molar-refractivity contribution in [1.29, 1.82) is 0 Å². The van der Waals surface area contributed by atoms with E-state index in [1.807, 2.05) is 0 Å². The van der Waals surface area contributed by atoms with E-state index in [-0.39, 0.29) is 42.6 Å². The van der Waals surface area contributed by atoms with Gasteiger partial charge in [-0.2, -0.15) is 0 Å². The molecule has 0 amide bonds.